The van der Waals surface area contributed by atoms with Gasteiger partial charge in [0.2, 0.25) is 17.3 Å². The molecule has 1 unspecified atom stereocenters. The molecule has 0 spiro atoms. The number of aromatic nitrogens is 3. The van der Waals surface area contributed by atoms with Gasteiger partial charge in [0.05, 0.1) is 4.88 Å². The molecule has 1 aliphatic rings. The Kier molecular flexibility index (Phi) is 3.66. The summed E-state index contributed by atoms with van der Waals surface area (Å²) in [5, 5.41) is 12.5. The van der Waals surface area contributed by atoms with Crippen LogP contribution in [0.2, 0.25) is 0 Å². The SMILES string of the molecule is CSc1nnc2c(n1)OC(c1ccc(C)s1)Nc1ccccc1-2. The first kappa shape index (κ1) is 14.5. The van der Waals surface area contributed by atoms with Gasteiger partial charge in [0.15, 0.2) is 5.69 Å². The number of hydrogen-bond donors (Lipinski definition) is 1. The number of nitrogens with zero attached hydrogens (tertiary/aromatic N) is 3. The zero-order valence-electron chi connectivity index (χ0n) is 12.6. The highest BCUT2D eigenvalue weighted by molar-refractivity contribution is 7.98. The van der Waals surface area contributed by atoms with Crippen molar-refractivity contribution in [3.63, 3.8) is 0 Å². The molecule has 2 aromatic heterocycles. The van der Waals surface area contributed by atoms with Crippen LogP contribution >= 0.6 is 23.1 Å². The Morgan fingerprint density at radius 2 is 2.04 bits per heavy atom. The third-order valence-electron chi connectivity index (χ3n) is 3.54. The van der Waals surface area contributed by atoms with Gasteiger partial charge >= 0.3 is 0 Å². The molecule has 4 rings (SSSR count). The van der Waals surface area contributed by atoms with Crippen molar-refractivity contribution in [2.45, 2.75) is 18.3 Å². The standard InChI is InChI=1S/C16H14N4OS2/c1-9-7-8-12(23-9)14-17-11-6-4-3-5-10(11)13-15(21-14)18-16(22-2)20-19-13/h3-8,14,17H,1-2H3. The third-order valence-corrected chi connectivity index (χ3v) is 5.12. The number of rotatable bonds is 2. The van der Waals surface area contributed by atoms with Crippen LogP contribution in [0, 0.1) is 6.92 Å². The van der Waals surface area contributed by atoms with Gasteiger partial charge in [-0.1, -0.05) is 30.0 Å². The van der Waals surface area contributed by atoms with Gasteiger partial charge in [-0.2, -0.15) is 4.98 Å². The Bertz CT molecular complexity index is 865. The number of ether oxygens (including phenoxy) is 1. The van der Waals surface area contributed by atoms with Gasteiger partial charge in [-0.05, 0) is 31.4 Å². The largest absolute Gasteiger partial charge is 0.447 e. The van der Waals surface area contributed by atoms with Crippen LogP contribution in [-0.4, -0.2) is 21.4 Å². The molecule has 116 valence electrons. The van der Waals surface area contributed by atoms with Gasteiger partial charge in [0, 0.05) is 16.1 Å². The first-order chi connectivity index (χ1) is 11.2. The van der Waals surface area contributed by atoms with Crippen molar-refractivity contribution < 1.29 is 4.74 Å². The van der Waals surface area contributed by atoms with Crippen molar-refractivity contribution in [3.8, 4) is 17.1 Å². The fourth-order valence-corrected chi connectivity index (χ4v) is 3.61. The molecule has 5 nitrogen and oxygen atoms in total. The summed E-state index contributed by atoms with van der Waals surface area (Å²) in [6.07, 6.45) is 1.63. The number of hydrogen-bond acceptors (Lipinski definition) is 7. The van der Waals surface area contributed by atoms with E-state index in [1.54, 1.807) is 11.3 Å². The van der Waals surface area contributed by atoms with Crippen molar-refractivity contribution in [3.05, 3.63) is 46.2 Å². The Balaban J connectivity index is 1.87. The molecule has 1 aromatic carbocycles. The summed E-state index contributed by atoms with van der Waals surface area (Å²) in [5.74, 6) is 0.512. The first-order valence-electron chi connectivity index (χ1n) is 7.12. The highest BCUT2D eigenvalue weighted by Crippen LogP contribution is 2.40. The number of fused-ring (bicyclic) bond motifs is 3. The summed E-state index contributed by atoms with van der Waals surface area (Å²) >= 11 is 3.15. The van der Waals surface area contributed by atoms with E-state index in [-0.39, 0.29) is 6.23 Å². The van der Waals surface area contributed by atoms with Crippen LogP contribution in [0.5, 0.6) is 5.88 Å². The fraction of sp³-hybridized carbons (Fsp3) is 0.188. The molecule has 3 heterocycles. The monoisotopic (exact) mass is 342 g/mol. The molecule has 0 saturated heterocycles. The van der Waals surface area contributed by atoms with E-state index in [1.165, 1.54) is 16.6 Å². The van der Waals surface area contributed by atoms with Crippen molar-refractivity contribution in [1.82, 2.24) is 15.2 Å². The van der Waals surface area contributed by atoms with Crippen LogP contribution < -0.4 is 10.1 Å². The summed E-state index contributed by atoms with van der Waals surface area (Å²) in [4.78, 5) is 6.86. The van der Waals surface area contributed by atoms with Gasteiger partial charge in [0.1, 0.15) is 0 Å². The van der Waals surface area contributed by atoms with Gasteiger partial charge in [-0.25, -0.2) is 0 Å². The Morgan fingerprint density at radius 1 is 1.17 bits per heavy atom. The summed E-state index contributed by atoms with van der Waals surface area (Å²) in [5.41, 5.74) is 2.59. The number of para-hydroxylation sites is 1. The first-order valence-corrected chi connectivity index (χ1v) is 9.16. The maximum atomic E-state index is 6.15. The molecule has 1 aliphatic heterocycles. The van der Waals surface area contributed by atoms with E-state index in [2.05, 4.69) is 39.6 Å². The number of benzene rings is 1. The van der Waals surface area contributed by atoms with Crippen LogP contribution in [-0.2, 0) is 0 Å². The van der Waals surface area contributed by atoms with E-state index in [4.69, 9.17) is 4.74 Å². The van der Waals surface area contributed by atoms with Crippen molar-refractivity contribution in [1.29, 1.82) is 0 Å². The number of thioether (sulfide) groups is 1. The molecule has 1 N–H and O–H groups in total. The smallest absolute Gasteiger partial charge is 0.247 e. The molecule has 1 atom stereocenters. The van der Waals surface area contributed by atoms with E-state index in [0.717, 1.165) is 16.1 Å². The molecule has 0 radical (unpaired) electrons. The maximum Gasteiger partial charge on any atom is 0.247 e. The van der Waals surface area contributed by atoms with Gasteiger partial charge in [-0.15, -0.1) is 21.5 Å². The van der Waals surface area contributed by atoms with E-state index in [1.807, 2.05) is 30.5 Å². The van der Waals surface area contributed by atoms with Crippen LogP contribution in [0.4, 0.5) is 5.69 Å². The molecular formula is C16H14N4OS2. The van der Waals surface area contributed by atoms with E-state index < -0.39 is 0 Å². The lowest BCUT2D eigenvalue weighted by atomic mass is 10.1. The number of thiophene rings is 1. The molecular weight excluding hydrogens is 328 g/mol. The second-order valence-corrected chi connectivity index (χ2v) is 7.18. The maximum absolute atomic E-state index is 6.15. The minimum absolute atomic E-state index is 0.289. The van der Waals surface area contributed by atoms with Crippen LogP contribution in [0.1, 0.15) is 16.0 Å². The lowest BCUT2D eigenvalue weighted by Gasteiger charge is -2.17. The Labute approximate surface area is 142 Å². The van der Waals surface area contributed by atoms with Crippen molar-refractivity contribution in [2.24, 2.45) is 0 Å². The highest BCUT2D eigenvalue weighted by Gasteiger charge is 2.26. The second kappa shape index (κ2) is 5.82. The number of nitrogens with one attached hydrogen (secondary N) is 1. The molecule has 0 saturated carbocycles. The van der Waals surface area contributed by atoms with E-state index in [0.29, 0.717) is 16.7 Å². The lowest BCUT2D eigenvalue weighted by Crippen LogP contribution is -2.15. The van der Waals surface area contributed by atoms with Crippen molar-refractivity contribution >= 4 is 28.8 Å². The predicted molar refractivity (Wildman–Crippen MR) is 93.1 cm³/mol. The van der Waals surface area contributed by atoms with Gasteiger partial charge < -0.3 is 10.1 Å². The van der Waals surface area contributed by atoms with E-state index in [9.17, 15) is 0 Å². The lowest BCUT2D eigenvalue weighted by molar-refractivity contribution is 0.229. The summed E-state index contributed by atoms with van der Waals surface area (Å²) in [7, 11) is 0. The van der Waals surface area contributed by atoms with Crippen LogP contribution in [0.15, 0.2) is 41.6 Å². The minimum atomic E-state index is -0.289. The average molecular weight is 342 g/mol. The molecule has 7 heteroatoms. The molecule has 0 aliphatic carbocycles. The van der Waals surface area contributed by atoms with Crippen LogP contribution in [0.3, 0.4) is 0 Å². The number of anilines is 1. The molecule has 0 amide bonds. The van der Waals surface area contributed by atoms with E-state index >= 15 is 0 Å². The Hall–Kier alpha value is -2.12. The average Bonchev–Trinajstić information content (AvgIpc) is 2.93. The molecule has 0 fully saturated rings. The van der Waals surface area contributed by atoms with Crippen LogP contribution in [0.25, 0.3) is 11.3 Å². The normalized spacial score (nSPS) is 15.8. The molecule has 0 bridgehead atoms. The number of aryl methyl sites for hydroxylation is 1. The summed E-state index contributed by atoms with van der Waals surface area (Å²) < 4.78 is 6.15. The quantitative estimate of drug-likeness (QED) is 0.707. The fourth-order valence-electron chi connectivity index (χ4n) is 2.46. The van der Waals surface area contributed by atoms with Crippen molar-refractivity contribution in [2.75, 3.05) is 11.6 Å². The zero-order valence-corrected chi connectivity index (χ0v) is 14.2. The Morgan fingerprint density at radius 3 is 2.83 bits per heavy atom. The summed E-state index contributed by atoms with van der Waals surface area (Å²) in [6, 6.07) is 12.2. The van der Waals surface area contributed by atoms with Gasteiger partial charge in [0.25, 0.3) is 0 Å². The molecule has 3 aromatic rings. The summed E-state index contributed by atoms with van der Waals surface area (Å²) in [6.45, 7) is 2.09. The second-order valence-electron chi connectivity index (χ2n) is 5.09. The highest BCUT2D eigenvalue weighted by atomic mass is 32.2. The zero-order chi connectivity index (χ0) is 15.8. The minimum Gasteiger partial charge on any atom is -0.447 e. The third kappa shape index (κ3) is 2.66. The van der Waals surface area contributed by atoms with Gasteiger partial charge in [-0.3, -0.25) is 0 Å². The predicted octanol–water partition coefficient (Wildman–Crippen LogP) is 4.13. The topological polar surface area (TPSA) is 59.9 Å². The molecule has 23 heavy (non-hydrogen) atoms.